The average Bonchev–Trinajstić information content (AvgIpc) is 2.74. The first-order chi connectivity index (χ1) is 13.3. The van der Waals surface area contributed by atoms with Crippen molar-refractivity contribution in [1.29, 1.82) is 0 Å². The Hall–Kier alpha value is -3.23. The molecule has 1 N–H and O–H groups in total. The normalized spacial score (nSPS) is 10.7. The molecule has 0 atom stereocenters. The Balaban J connectivity index is 0.00000192. The first-order valence-electron chi connectivity index (χ1n) is 8.75. The molecule has 0 spiro atoms. The van der Waals surface area contributed by atoms with Crippen LogP contribution < -0.4 is 0 Å². The third kappa shape index (κ3) is 3.13. The number of nitrogens with zero attached hydrogens (tertiary/aromatic N) is 2. The van der Waals surface area contributed by atoms with Gasteiger partial charge in [0, 0.05) is 39.5 Å². The van der Waals surface area contributed by atoms with E-state index in [0.717, 1.165) is 44.2 Å². The number of phenolic OH excluding ortho intramolecular Hbond substituents is 1. The van der Waals surface area contributed by atoms with Crippen LogP contribution in [0.25, 0.3) is 44.2 Å². The molecule has 0 radical (unpaired) electrons. The van der Waals surface area contributed by atoms with Gasteiger partial charge >= 0.3 is 0 Å². The predicted octanol–water partition coefficient (Wildman–Crippen LogP) is 5.62. The molecule has 2 heterocycles. The number of hydrogen-bond donors (Lipinski definition) is 1. The Bertz CT molecular complexity index is 1290. The van der Waals surface area contributed by atoms with Crippen molar-refractivity contribution in [2.45, 2.75) is 0 Å². The second kappa shape index (κ2) is 7.42. The topological polar surface area (TPSA) is 46.0 Å². The van der Waals surface area contributed by atoms with Crippen molar-refractivity contribution in [1.82, 2.24) is 9.97 Å². The van der Waals surface area contributed by atoms with Crippen molar-refractivity contribution in [2.24, 2.45) is 0 Å². The minimum absolute atomic E-state index is 0. The van der Waals surface area contributed by atoms with Gasteiger partial charge in [-0.15, -0.1) is 24.3 Å². The summed E-state index contributed by atoms with van der Waals surface area (Å²) >= 11 is 0. The fraction of sp³-hybridized carbons (Fsp3) is 0. The van der Waals surface area contributed by atoms with Gasteiger partial charge in [0.15, 0.2) is 0 Å². The standard InChI is InChI=1S/C24H15N2O.Ni/c27-22-9-4-5-16-10-11-17-12-13-21(26-24(17)23(16)22)19-7-3-6-18(15-19)20-8-1-2-14-25-20;/h1-14,27H;/q-1;. The van der Waals surface area contributed by atoms with Crippen LogP contribution in [0.4, 0.5) is 0 Å². The van der Waals surface area contributed by atoms with Crippen molar-refractivity contribution >= 4 is 21.7 Å². The Kier molecular flexibility index (Phi) is 4.81. The van der Waals surface area contributed by atoms with Gasteiger partial charge in [-0.1, -0.05) is 59.7 Å². The SMILES string of the molecule is Oc1cccc2ccc3ccc(-c4[c-]c(-c5ccccn5)ccc4)nc3c12.[Ni]. The van der Waals surface area contributed by atoms with Crippen LogP contribution in [-0.4, -0.2) is 15.1 Å². The molecule has 0 fully saturated rings. The largest absolute Gasteiger partial charge is 0.507 e. The van der Waals surface area contributed by atoms with Crippen molar-refractivity contribution in [3.8, 4) is 28.3 Å². The van der Waals surface area contributed by atoms with Gasteiger partial charge in [0.05, 0.1) is 5.52 Å². The molecule has 0 amide bonds. The van der Waals surface area contributed by atoms with E-state index in [-0.39, 0.29) is 22.2 Å². The van der Waals surface area contributed by atoms with Crippen LogP contribution in [0.3, 0.4) is 0 Å². The molecule has 2 aromatic heterocycles. The molecule has 4 heteroatoms. The molecule has 0 aliphatic rings. The molecule has 0 aliphatic heterocycles. The molecule has 3 aromatic carbocycles. The Morgan fingerprint density at radius 1 is 0.679 bits per heavy atom. The maximum Gasteiger partial charge on any atom is 0.125 e. The fourth-order valence-corrected chi connectivity index (χ4v) is 3.38. The summed E-state index contributed by atoms with van der Waals surface area (Å²) in [5, 5.41) is 13.1. The van der Waals surface area contributed by atoms with Crippen LogP contribution >= 0.6 is 0 Å². The molecule has 5 aromatic rings. The van der Waals surface area contributed by atoms with Gasteiger partial charge in [-0.25, -0.2) is 0 Å². The summed E-state index contributed by atoms with van der Waals surface area (Å²) in [6.07, 6.45) is 1.78. The number of fused-ring (bicyclic) bond motifs is 3. The minimum atomic E-state index is 0. The number of phenols is 1. The molecule has 0 saturated heterocycles. The first-order valence-corrected chi connectivity index (χ1v) is 8.75. The molecular weight excluding hydrogens is 391 g/mol. The third-order valence-electron chi connectivity index (χ3n) is 4.69. The number of hydrogen-bond acceptors (Lipinski definition) is 3. The predicted molar refractivity (Wildman–Crippen MR) is 108 cm³/mol. The number of aromatic nitrogens is 2. The van der Waals surface area contributed by atoms with E-state index in [4.69, 9.17) is 4.98 Å². The van der Waals surface area contributed by atoms with Gasteiger partial charge in [-0.3, -0.25) is 9.97 Å². The van der Waals surface area contributed by atoms with Crippen molar-refractivity contribution in [3.63, 3.8) is 0 Å². The smallest absolute Gasteiger partial charge is 0.125 e. The van der Waals surface area contributed by atoms with Crippen LogP contribution in [0.5, 0.6) is 5.75 Å². The summed E-state index contributed by atoms with van der Waals surface area (Å²) in [6, 6.07) is 28.8. The van der Waals surface area contributed by atoms with E-state index in [2.05, 4.69) is 11.1 Å². The van der Waals surface area contributed by atoms with E-state index in [1.165, 1.54) is 0 Å². The molecule has 0 unspecified atom stereocenters. The van der Waals surface area contributed by atoms with E-state index in [1.54, 1.807) is 12.3 Å². The molecule has 138 valence electrons. The molecule has 0 aliphatic carbocycles. The summed E-state index contributed by atoms with van der Waals surface area (Å²) in [7, 11) is 0. The molecule has 28 heavy (non-hydrogen) atoms. The van der Waals surface area contributed by atoms with Crippen LogP contribution in [0, 0.1) is 6.07 Å². The maximum absolute atomic E-state index is 10.4. The van der Waals surface area contributed by atoms with E-state index in [9.17, 15) is 5.11 Å². The van der Waals surface area contributed by atoms with E-state index < -0.39 is 0 Å². The average molecular weight is 406 g/mol. The van der Waals surface area contributed by atoms with Crippen LogP contribution in [0.2, 0.25) is 0 Å². The van der Waals surface area contributed by atoms with Crippen molar-refractivity contribution in [3.05, 3.63) is 91.1 Å². The second-order valence-corrected chi connectivity index (χ2v) is 6.40. The summed E-state index contributed by atoms with van der Waals surface area (Å²) in [6.45, 7) is 0. The molecule has 3 nitrogen and oxygen atoms in total. The zero-order chi connectivity index (χ0) is 18.2. The fourth-order valence-electron chi connectivity index (χ4n) is 3.38. The summed E-state index contributed by atoms with van der Waals surface area (Å²) in [4.78, 5) is 9.26. The van der Waals surface area contributed by atoms with Gasteiger partial charge in [0.25, 0.3) is 0 Å². The Labute approximate surface area is 172 Å². The second-order valence-electron chi connectivity index (χ2n) is 6.40. The summed E-state index contributed by atoms with van der Waals surface area (Å²) in [5.41, 5.74) is 4.31. The van der Waals surface area contributed by atoms with Gasteiger partial charge in [0.1, 0.15) is 5.75 Å². The monoisotopic (exact) mass is 405 g/mol. The Morgan fingerprint density at radius 3 is 2.25 bits per heavy atom. The minimum Gasteiger partial charge on any atom is -0.507 e. The van der Waals surface area contributed by atoms with Gasteiger partial charge in [0.2, 0.25) is 0 Å². The van der Waals surface area contributed by atoms with Gasteiger partial charge in [-0.2, -0.15) is 0 Å². The third-order valence-corrected chi connectivity index (χ3v) is 4.69. The number of rotatable bonds is 2. The van der Waals surface area contributed by atoms with Crippen molar-refractivity contribution < 1.29 is 21.6 Å². The van der Waals surface area contributed by atoms with Gasteiger partial charge < -0.3 is 5.11 Å². The summed E-state index contributed by atoms with van der Waals surface area (Å²) < 4.78 is 0. The van der Waals surface area contributed by atoms with Crippen LogP contribution in [0.1, 0.15) is 0 Å². The number of pyridine rings is 2. The van der Waals surface area contributed by atoms with Crippen LogP contribution in [-0.2, 0) is 16.5 Å². The quantitative estimate of drug-likeness (QED) is 0.235. The number of aromatic hydroxyl groups is 1. The molecular formula is C24H15N2NiO-. The summed E-state index contributed by atoms with van der Waals surface area (Å²) in [5.74, 6) is 0.244. The zero-order valence-electron chi connectivity index (χ0n) is 14.7. The molecule has 5 rings (SSSR count). The zero-order valence-corrected chi connectivity index (χ0v) is 15.7. The molecule has 0 bridgehead atoms. The van der Waals surface area contributed by atoms with Crippen LogP contribution in [0.15, 0.2) is 85.1 Å². The van der Waals surface area contributed by atoms with Gasteiger partial charge in [-0.05, 0) is 22.9 Å². The Morgan fingerprint density at radius 2 is 1.43 bits per heavy atom. The van der Waals surface area contributed by atoms with E-state index in [0.29, 0.717) is 0 Å². The first kappa shape index (κ1) is 18.2. The number of benzene rings is 3. The van der Waals surface area contributed by atoms with Crippen molar-refractivity contribution in [2.75, 3.05) is 0 Å². The van der Waals surface area contributed by atoms with E-state index in [1.807, 2.05) is 72.8 Å². The maximum atomic E-state index is 10.4. The van der Waals surface area contributed by atoms with E-state index >= 15 is 0 Å². The molecule has 0 saturated carbocycles.